The molecule has 1 aromatic rings. The zero-order valence-electron chi connectivity index (χ0n) is 7.68. The van der Waals surface area contributed by atoms with E-state index in [2.05, 4.69) is 0 Å². The van der Waals surface area contributed by atoms with Crippen LogP contribution in [0, 0.1) is 4.91 Å². The lowest BCUT2D eigenvalue weighted by atomic mass is 10.1. The van der Waals surface area contributed by atoms with E-state index in [1.54, 1.807) is 24.3 Å². The van der Waals surface area contributed by atoms with Crippen molar-refractivity contribution in [2.24, 2.45) is 0 Å². The number of rotatable bonds is 1. The van der Waals surface area contributed by atoms with Gasteiger partial charge in [0.1, 0.15) is 0 Å². The van der Waals surface area contributed by atoms with E-state index >= 15 is 0 Å². The van der Waals surface area contributed by atoms with Gasteiger partial charge in [-0.1, -0.05) is 12.1 Å². The molecule has 1 aromatic carbocycles. The summed E-state index contributed by atoms with van der Waals surface area (Å²) in [4.78, 5) is 11.5. The van der Waals surface area contributed by atoms with E-state index in [9.17, 15) is 10.0 Å². The van der Waals surface area contributed by atoms with Crippen LogP contribution in [-0.4, -0.2) is 23.2 Å². The van der Waals surface area contributed by atoms with Crippen molar-refractivity contribution in [3.05, 3.63) is 40.5 Å². The van der Waals surface area contributed by atoms with Crippen molar-refractivity contribution in [2.45, 2.75) is 6.23 Å². The summed E-state index contributed by atoms with van der Waals surface area (Å²) in [7, 11) is 1.43. The molecule has 0 saturated heterocycles. The van der Waals surface area contributed by atoms with Crippen LogP contribution in [0.1, 0.15) is 5.56 Å². The second-order valence-electron chi connectivity index (χ2n) is 3.01. The van der Waals surface area contributed by atoms with Gasteiger partial charge in [-0.05, 0) is 12.1 Å². The summed E-state index contributed by atoms with van der Waals surface area (Å²) in [5.74, 6) is 0.263. The summed E-state index contributed by atoms with van der Waals surface area (Å²) in [6.07, 6.45) is 0.420. The summed E-state index contributed by atoms with van der Waals surface area (Å²) in [5, 5.41) is 9.50. The molecule has 1 atom stereocenters. The molecule has 0 radical (unpaired) electrons. The maximum atomic E-state index is 11.5. The Kier molecular flexibility index (Phi) is 2.05. The number of hydrogen-bond donors (Lipinski definition) is 1. The maximum Gasteiger partial charge on any atom is 0.367 e. The average Bonchev–Trinajstić information content (AvgIpc) is 2.23. The van der Waals surface area contributed by atoms with Crippen LogP contribution in [0.5, 0.6) is 0 Å². The fourth-order valence-corrected chi connectivity index (χ4v) is 1.45. The van der Waals surface area contributed by atoms with Gasteiger partial charge < -0.3 is 9.84 Å². The predicted molar refractivity (Wildman–Crippen MR) is 50.7 cm³/mol. The molecule has 4 nitrogen and oxygen atoms in total. The highest BCUT2D eigenvalue weighted by Gasteiger charge is 2.36. The number of para-hydroxylation sites is 1. The number of aliphatic hydroxyl groups is 1. The number of ether oxygens (including phenoxy) is 1. The van der Waals surface area contributed by atoms with Crippen molar-refractivity contribution in [2.75, 3.05) is 7.11 Å². The van der Waals surface area contributed by atoms with Crippen LogP contribution in [0.3, 0.4) is 0 Å². The number of nitrogens with zero attached hydrogens (tertiary/aromatic N) is 1. The summed E-state index contributed by atoms with van der Waals surface area (Å²) in [6.45, 7) is 0. The van der Waals surface area contributed by atoms with E-state index in [4.69, 9.17) is 4.74 Å². The second-order valence-corrected chi connectivity index (χ2v) is 3.01. The molecule has 0 saturated carbocycles. The SMILES string of the molecule is COC1=Cc2ccccc2[N+](=O)C1O. The first-order valence-electron chi connectivity index (χ1n) is 4.23. The summed E-state index contributed by atoms with van der Waals surface area (Å²) < 4.78 is 5.44. The van der Waals surface area contributed by atoms with Crippen LogP contribution in [0.25, 0.3) is 6.08 Å². The molecule has 0 aromatic heterocycles. The smallest absolute Gasteiger partial charge is 0.367 e. The standard InChI is InChI=1S/C10H10NO3/c1-14-9-6-7-4-2-3-5-8(7)11(13)10(9)12/h2-6,10,12H,1H3/q+1. The van der Waals surface area contributed by atoms with Crippen LogP contribution in [0.4, 0.5) is 5.69 Å². The van der Waals surface area contributed by atoms with E-state index < -0.39 is 6.23 Å². The van der Waals surface area contributed by atoms with Gasteiger partial charge in [0.2, 0.25) is 0 Å². The maximum absolute atomic E-state index is 11.5. The van der Waals surface area contributed by atoms with Gasteiger partial charge in [0, 0.05) is 11.0 Å². The van der Waals surface area contributed by atoms with Crippen molar-refractivity contribution in [3.63, 3.8) is 0 Å². The Hall–Kier alpha value is -1.68. The molecule has 4 heteroatoms. The van der Waals surface area contributed by atoms with E-state index in [0.29, 0.717) is 10.4 Å². The third-order valence-corrected chi connectivity index (χ3v) is 2.18. The van der Waals surface area contributed by atoms with Gasteiger partial charge in [-0.3, -0.25) is 0 Å². The van der Waals surface area contributed by atoms with Crippen LogP contribution >= 0.6 is 0 Å². The third kappa shape index (κ3) is 1.20. The number of methoxy groups -OCH3 is 1. The van der Waals surface area contributed by atoms with Crippen molar-refractivity contribution < 1.29 is 14.6 Å². The highest BCUT2D eigenvalue weighted by Crippen LogP contribution is 2.29. The van der Waals surface area contributed by atoms with Crippen molar-refractivity contribution in [1.82, 2.24) is 0 Å². The second kappa shape index (κ2) is 3.23. The molecule has 14 heavy (non-hydrogen) atoms. The van der Waals surface area contributed by atoms with Gasteiger partial charge in [0.05, 0.1) is 17.4 Å². The Morgan fingerprint density at radius 2 is 2.14 bits per heavy atom. The van der Waals surface area contributed by atoms with Gasteiger partial charge in [-0.15, -0.1) is 0 Å². The molecule has 0 aliphatic carbocycles. The summed E-state index contributed by atoms with van der Waals surface area (Å²) >= 11 is 0. The van der Waals surface area contributed by atoms with E-state index in [1.165, 1.54) is 7.11 Å². The molecule has 0 fully saturated rings. The lowest BCUT2D eigenvalue weighted by Gasteiger charge is -2.12. The molecule has 0 amide bonds. The van der Waals surface area contributed by atoms with E-state index in [-0.39, 0.29) is 5.76 Å². The van der Waals surface area contributed by atoms with Crippen molar-refractivity contribution >= 4 is 11.8 Å². The highest BCUT2D eigenvalue weighted by atomic mass is 16.5. The normalized spacial score (nSPS) is 20.0. The zero-order valence-corrected chi connectivity index (χ0v) is 7.68. The molecular formula is C10H10NO3+. The minimum absolute atomic E-state index is 0.263. The lowest BCUT2D eigenvalue weighted by Crippen LogP contribution is -2.26. The first-order valence-corrected chi connectivity index (χ1v) is 4.23. The average molecular weight is 192 g/mol. The van der Waals surface area contributed by atoms with Crippen LogP contribution in [0.2, 0.25) is 0 Å². The topological polar surface area (TPSA) is 49.5 Å². The zero-order chi connectivity index (χ0) is 10.1. The van der Waals surface area contributed by atoms with Crippen molar-refractivity contribution in [1.29, 1.82) is 0 Å². The molecule has 0 bridgehead atoms. The number of benzene rings is 1. The first kappa shape index (κ1) is 8.90. The Morgan fingerprint density at radius 3 is 2.86 bits per heavy atom. The molecule has 1 heterocycles. The Balaban J connectivity index is 2.57. The number of aliphatic hydroxyl groups excluding tert-OH is 1. The first-order chi connectivity index (χ1) is 6.74. The molecule has 1 N–H and O–H groups in total. The van der Waals surface area contributed by atoms with Gasteiger partial charge in [0.25, 0.3) is 5.69 Å². The number of fused-ring (bicyclic) bond motifs is 1. The van der Waals surface area contributed by atoms with Crippen molar-refractivity contribution in [3.8, 4) is 0 Å². The number of nitroso groups, excluding NO2 is 1. The molecule has 1 aliphatic rings. The lowest BCUT2D eigenvalue weighted by molar-refractivity contribution is -0.550. The fraction of sp³-hybridized carbons (Fsp3) is 0.200. The van der Waals surface area contributed by atoms with E-state index in [1.807, 2.05) is 6.07 Å². The van der Waals surface area contributed by atoms with Gasteiger partial charge in [-0.2, -0.15) is 0 Å². The molecule has 0 spiro atoms. The quantitative estimate of drug-likeness (QED) is 0.684. The van der Waals surface area contributed by atoms with Crippen LogP contribution in [-0.2, 0) is 4.74 Å². The number of hydrogen-bond acceptors (Lipinski definition) is 3. The largest absolute Gasteiger partial charge is 0.492 e. The summed E-state index contributed by atoms with van der Waals surface area (Å²) in [5.41, 5.74) is 1.21. The third-order valence-electron chi connectivity index (χ3n) is 2.18. The highest BCUT2D eigenvalue weighted by molar-refractivity contribution is 5.64. The molecule has 72 valence electrons. The molecule has 2 rings (SSSR count). The van der Waals surface area contributed by atoms with Gasteiger partial charge in [-0.25, -0.2) is 0 Å². The monoisotopic (exact) mass is 192 g/mol. The predicted octanol–water partition coefficient (Wildman–Crippen LogP) is 1.42. The van der Waals surface area contributed by atoms with Gasteiger partial charge >= 0.3 is 6.23 Å². The van der Waals surface area contributed by atoms with Crippen LogP contribution in [0.15, 0.2) is 30.0 Å². The van der Waals surface area contributed by atoms with Crippen LogP contribution < -0.4 is 0 Å². The summed E-state index contributed by atoms with van der Waals surface area (Å²) in [6, 6.07) is 7.04. The molecule has 1 aliphatic heterocycles. The van der Waals surface area contributed by atoms with E-state index in [0.717, 1.165) is 5.56 Å². The Morgan fingerprint density at radius 1 is 1.43 bits per heavy atom. The minimum atomic E-state index is -1.24. The molecule has 1 unspecified atom stereocenters. The fourth-order valence-electron chi connectivity index (χ4n) is 1.45. The minimum Gasteiger partial charge on any atom is -0.492 e. The Bertz CT molecular complexity index is 412. The van der Waals surface area contributed by atoms with Gasteiger partial charge in [0.15, 0.2) is 5.76 Å². The molecular weight excluding hydrogens is 182 g/mol. The Labute approximate surface area is 81.0 Å².